The summed E-state index contributed by atoms with van der Waals surface area (Å²) in [6.07, 6.45) is 7.52. The second-order valence-electron chi connectivity index (χ2n) is 10.8. The lowest BCUT2D eigenvalue weighted by Gasteiger charge is -2.41. The number of amides is 2. The summed E-state index contributed by atoms with van der Waals surface area (Å²) in [6.45, 7) is 11.3. The minimum atomic E-state index is -0.424. The van der Waals surface area contributed by atoms with Crippen LogP contribution >= 0.6 is 0 Å². The standard InChI is InChI=1S/C26H35N3O3/c1-17-7-10-22(24(30)27-17)29-16-18-15-19(8-9-20(18)25(29)31)32-23-6-4-5-21(23)28-13-11-26(2,3)12-14-28/h8-9,15,21-23H,1,4-7,10-14,16H2,2-3H3,(H,27,30)/t21-,22?,23-/m0/s1. The van der Waals surface area contributed by atoms with Gasteiger partial charge < -0.3 is 15.0 Å². The van der Waals surface area contributed by atoms with Gasteiger partial charge in [-0.3, -0.25) is 14.5 Å². The fourth-order valence-electron chi connectivity index (χ4n) is 5.80. The molecule has 0 spiro atoms. The summed E-state index contributed by atoms with van der Waals surface area (Å²) >= 11 is 0. The molecule has 3 heterocycles. The van der Waals surface area contributed by atoms with Gasteiger partial charge in [-0.25, -0.2) is 0 Å². The predicted octanol–water partition coefficient (Wildman–Crippen LogP) is 3.86. The fourth-order valence-corrected chi connectivity index (χ4v) is 5.80. The van der Waals surface area contributed by atoms with Crippen LogP contribution in [-0.4, -0.2) is 52.9 Å². The summed E-state index contributed by atoms with van der Waals surface area (Å²) in [5.74, 6) is 0.653. The highest BCUT2D eigenvalue weighted by molar-refractivity contribution is 6.01. The topological polar surface area (TPSA) is 61.9 Å². The molecule has 3 atom stereocenters. The van der Waals surface area contributed by atoms with Crippen LogP contribution in [0.15, 0.2) is 30.5 Å². The van der Waals surface area contributed by atoms with Crippen molar-refractivity contribution in [2.75, 3.05) is 13.1 Å². The van der Waals surface area contributed by atoms with Gasteiger partial charge in [-0.15, -0.1) is 0 Å². The van der Waals surface area contributed by atoms with Crippen molar-refractivity contribution in [1.82, 2.24) is 15.1 Å². The van der Waals surface area contributed by atoms with Crippen LogP contribution in [-0.2, 0) is 11.3 Å². The molecule has 5 rings (SSSR count). The molecule has 1 aromatic carbocycles. The second-order valence-corrected chi connectivity index (χ2v) is 10.8. The van der Waals surface area contributed by atoms with E-state index in [9.17, 15) is 9.59 Å². The van der Waals surface area contributed by atoms with Gasteiger partial charge in [0.2, 0.25) is 5.91 Å². The molecule has 2 saturated heterocycles. The van der Waals surface area contributed by atoms with Gasteiger partial charge in [0.05, 0.1) is 0 Å². The van der Waals surface area contributed by atoms with E-state index in [1.165, 1.54) is 25.7 Å². The molecular formula is C26H35N3O3. The molecule has 1 N–H and O–H groups in total. The van der Waals surface area contributed by atoms with E-state index in [4.69, 9.17) is 4.74 Å². The first-order chi connectivity index (χ1) is 15.3. The van der Waals surface area contributed by atoms with E-state index in [-0.39, 0.29) is 17.9 Å². The van der Waals surface area contributed by atoms with E-state index < -0.39 is 6.04 Å². The van der Waals surface area contributed by atoms with Crippen LogP contribution in [0.4, 0.5) is 0 Å². The number of piperidine rings is 2. The van der Waals surface area contributed by atoms with E-state index in [1.807, 2.05) is 18.2 Å². The number of benzene rings is 1. The highest BCUT2D eigenvalue weighted by atomic mass is 16.5. The Morgan fingerprint density at radius 3 is 2.66 bits per heavy atom. The quantitative estimate of drug-likeness (QED) is 0.777. The van der Waals surface area contributed by atoms with Crippen molar-refractivity contribution in [2.45, 2.75) is 83.5 Å². The molecule has 0 radical (unpaired) electrons. The number of nitrogens with zero attached hydrogens (tertiary/aromatic N) is 2. The number of carbonyl (C=O) groups excluding carboxylic acids is 2. The van der Waals surface area contributed by atoms with Crippen molar-refractivity contribution in [1.29, 1.82) is 0 Å². The molecule has 1 saturated carbocycles. The van der Waals surface area contributed by atoms with Crippen molar-refractivity contribution >= 4 is 11.8 Å². The third-order valence-corrected chi connectivity index (χ3v) is 7.93. The average Bonchev–Trinajstić information content (AvgIpc) is 3.33. The van der Waals surface area contributed by atoms with Gasteiger partial charge in [-0.05, 0) is 87.2 Å². The second kappa shape index (κ2) is 8.22. The van der Waals surface area contributed by atoms with Gasteiger partial charge in [0.1, 0.15) is 17.9 Å². The minimum absolute atomic E-state index is 0.0612. The van der Waals surface area contributed by atoms with Crippen LogP contribution in [0.2, 0.25) is 0 Å². The monoisotopic (exact) mass is 437 g/mol. The molecule has 6 heteroatoms. The molecule has 6 nitrogen and oxygen atoms in total. The summed E-state index contributed by atoms with van der Waals surface area (Å²) in [4.78, 5) is 29.7. The number of hydrogen-bond donors (Lipinski definition) is 1. The van der Waals surface area contributed by atoms with Crippen LogP contribution < -0.4 is 10.1 Å². The third kappa shape index (κ3) is 4.05. The Morgan fingerprint density at radius 2 is 1.91 bits per heavy atom. The largest absolute Gasteiger partial charge is 0.489 e. The van der Waals surface area contributed by atoms with Crippen molar-refractivity contribution in [3.8, 4) is 5.75 Å². The van der Waals surface area contributed by atoms with Crippen LogP contribution in [0.3, 0.4) is 0 Å². The molecule has 2 amide bonds. The van der Waals surface area contributed by atoms with Crippen molar-refractivity contribution in [2.24, 2.45) is 5.41 Å². The summed E-state index contributed by atoms with van der Waals surface area (Å²) in [5.41, 5.74) is 2.83. The van der Waals surface area contributed by atoms with Crippen LogP contribution in [0.1, 0.15) is 74.7 Å². The maximum absolute atomic E-state index is 13.0. The Kier molecular flexibility index (Phi) is 5.52. The first-order valence-electron chi connectivity index (χ1n) is 12.1. The number of hydrogen-bond acceptors (Lipinski definition) is 4. The average molecular weight is 438 g/mol. The molecular weight excluding hydrogens is 402 g/mol. The maximum atomic E-state index is 13.0. The molecule has 1 aliphatic carbocycles. The number of rotatable bonds is 4. The van der Waals surface area contributed by atoms with Crippen LogP contribution in [0.5, 0.6) is 5.75 Å². The number of likely N-dealkylation sites (tertiary alicyclic amines) is 1. The Bertz CT molecular complexity index is 930. The minimum Gasteiger partial charge on any atom is -0.489 e. The van der Waals surface area contributed by atoms with Gasteiger partial charge in [-0.2, -0.15) is 0 Å². The van der Waals surface area contributed by atoms with Crippen molar-refractivity contribution in [3.05, 3.63) is 41.6 Å². The molecule has 0 bridgehead atoms. The van der Waals surface area contributed by atoms with Crippen LogP contribution in [0, 0.1) is 5.41 Å². The van der Waals surface area contributed by atoms with E-state index in [0.717, 1.165) is 36.5 Å². The van der Waals surface area contributed by atoms with Crippen molar-refractivity contribution in [3.63, 3.8) is 0 Å². The fraction of sp³-hybridized carbons (Fsp3) is 0.615. The normalized spacial score (nSPS) is 30.4. The lowest BCUT2D eigenvalue weighted by Crippen LogP contribution is -2.49. The zero-order chi connectivity index (χ0) is 22.5. The van der Waals surface area contributed by atoms with Crippen LogP contribution in [0.25, 0.3) is 0 Å². The maximum Gasteiger partial charge on any atom is 0.255 e. The number of nitrogens with one attached hydrogen (secondary N) is 1. The molecule has 1 aromatic rings. The van der Waals surface area contributed by atoms with E-state index >= 15 is 0 Å². The van der Waals surface area contributed by atoms with E-state index in [1.54, 1.807) is 4.90 Å². The summed E-state index contributed by atoms with van der Waals surface area (Å²) in [6, 6.07) is 5.88. The lowest BCUT2D eigenvalue weighted by atomic mass is 9.82. The van der Waals surface area contributed by atoms with Gasteiger partial charge in [0, 0.05) is 23.8 Å². The third-order valence-electron chi connectivity index (χ3n) is 7.93. The number of carbonyl (C=O) groups is 2. The number of ether oxygens (including phenoxy) is 1. The molecule has 4 aliphatic rings. The summed E-state index contributed by atoms with van der Waals surface area (Å²) < 4.78 is 6.51. The number of allylic oxidation sites excluding steroid dienone is 1. The van der Waals surface area contributed by atoms with E-state index in [0.29, 0.717) is 36.4 Å². The first kappa shape index (κ1) is 21.5. The lowest BCUT2D eigenvalue weighted by molar-refractivity contribution is -0.126. The molecule has 3 fully saturated rings. The highest BCUT2D eigenvalue weighted by Gasteiger charge is 2.39. The molecule has 172 valence electrons. The highest BCUT2D eigenvalue weighted by Crippen LogP contribution is 2.36. The Balaban J connectivity index is 1.26. The van der Waals surface area contributed by atoms with Gasteiger partial charge in [0.25, 0.3) is 5.91 Å². The van der Waals surface area contributed by atoms with Gasteiger partial charge in [0.15, 0.2) is 0 Å². The molecule has 0 aromatic heterocycles. The summed E-state index contributed by atoms with van der Waals surface area (Å²) in [5, 5.41) is 2.80. The zero-order valence-corrected chi connectivity index (χ0v) is 19.4. The Labute approximate surface area is 191 Å². The Morgan fingerprint density at radius 1 is 1.12 bits per heavy atom. The number of fused-ring (bicyclic) bond motifs is 1. The SMILES string of the molecule is C=C1CCC(N2Cc3cc(O[C@H]4CCC[C@@H]4N4CCC(C)(C)CC4)ccc3C2=O)C(=O)N1. The zero-order valence-electron chi connectivity index (χ0n) is 19.4. The van der Waals surface area contributed by atoms with Gasteiger partial charge >= 0.3 is 0 Å². The molecule has 32 heavy (non-hydrogen) atoms. The van der Waals surface area contributed by atoms with Crippen molar-refractivity contribution < 1.29 is 14.3 Å². The van der Waals surface area contributed by atoms with Gasteiger partial charge in [-0.1, -0.05) is 20.4 Å². The molecule has 1 unspecified atom stereocenters. The predicted molar refractivity (Wildman–Crippen MR) is 123 cm³/mol. The molecule has 3 aliphatic heterocycles. The summed E-state index contributed by atoms with van der Waals surface area (Å²) in [7, 11) is 0. The first-order valence-corrected chi connectivity index (χ1v) is 12.1. The smallest absolute Gasteiger partial charge is 0.255 e. The van der Waals surface area contributed by atoms with E-state index in [2.05, 4.69) is 30.6 Å². The Hall–Kier alpha value is -2.34.